The molecule has 1 atom stereocenters. The zero-order valence-electron chi connectivity index (χ0n) is 14.3. The summed E-state index contributed by atoms with van der Waals surface area (Å²) in [7, 11) is 0. The number of aliphatic carboxylic acids is 1. The summed E-state index contributed by atoms with van der Waals surface area (Å²) in [5, 5.41) is 13.1. The van der Waals surface area contributed by atoms with E-state index in [0.29, 0.717) is 18.8 Å². The van der Waals surface area contributed by atoms with E-state index >= 15 is 0 Å². The number of hydrogen-bond donors (Lipinski definition) is 3. The van der Waals surface area contributed by atoms with E-state index in [4.69, 9.17) is 0 Å². The van der Waals surface area contributed by atoms with Crippen molar-refractivity contribution in [3.63, 3.8) is 0 Å². The van der Waals surface area contributed by atoms with Gasteiger partial charge in [0.05, 0.1) is 5.92 Å². The van der Waals surface area contributed by atoms with E-state index < -0.39 is 11.9 Å². The lowest BCUT2D eigenvalue weighted by Crippen LogP contribution is -2.33. The second-order valence-corrected chi connectivity index (χ2v) is 6.68. The third-order valence-electron chi connectivity index (χ3n) is 4.18. The second-order valence-electron chi connectivity index (χ2n) is 6.68. The number of hydrogen-bond acceptors (Lipinski definition) is 2. The first-order valence-electron chi connectivity index (χ1n) is 8.52. The molecule has 0 saturated carbocycles. The summed E-state index contributed by atoms with van der Waals surface area (Å²) in [6, 6.07) is 8.11. The summed E-state index contributed by atoms with van der Waals surface area (Å²) in [6.07, 6.45) is 4.55. The number of benzene rings is 1. The molecule has 0 bridgehead atoms. The Morgan fingerprint density at radius 3 is 2.71 bits per heavy atom. The monoisotopic (exact) mass is 330 g/mol. The molecule has 0 saturated heterocycles. The SMILES string of the molecule is CC(C)CC(CNC(=O)CCCc1c[nH]c2ccccc12)C(=O)O. The smallest absolute Gasteiger partial charge is 0.308 e. The van der Waals surface area contributed by atoms with Crippen molar-refractivity contribution in [1.82, 2.24) is 10.3 Å². The van der Waals surface area contributed by atoms with Crippen LogP contribution >= 0.6 is 0 Å². The van der Waals surface area contributed by atoms with Gasteiger partial charge in [0.1, 0.15) is 0 Å². The van der Waals surface area contributed by atoms with Gasteiger partial charge in [-0.15, -0.1) is 0 Å². The molecule has 0 fully saturated rings. The average molecular weight is 330 g/mol. The van der Waals surface area contributed by atoms with Crippen LogP contribution in [0.1, 0.15) is 38.7 Å². The number of carbonyl (C=O) groups is 2. The van der Waals surface area contributed by atoms with Crippen molar-refractivity contribution in [2.45, 2.75) is 39.5 Å². The van der Waals surface area contributed by atoms with Gasteiger partial charge in [0.15, 0.2) is 0 Å². The van der Waals surface area contributed by atoms with E-state index in [-0.39, 0.29) is 12.5 Å². The number of rotatable bonds is 9. The number of aromatic nitrogens is 1. The van der Waals surface area contributed by atoms with Gasteiger partial charge in [-0.1, -0.05) is 32.0 Å². The van der Waals surface area contributed by atoms with Crippen molar-refractivity contribution in [2.24, 2.45) is 11.8 Å². The van der Waals surface area contributed by atoms with Gasteiger partial charge in [0, 0.05) is 30.1 Å². The number of fused-ring (bicyclic) bond motifs is 1. The fourth-order valence-corrected chi connectivity index (χ4v) is 2.94. The molecule has 3 N–H and O–H groups in total. The maximum absolute atomic E-state index is 11.9. The maximum atomic E-state index is 11.9. The van der Waals surface area contributed by atoms with Crippen LogP contribution in [-0.2, 0) is 16.0 Å². The number of H-pyrrole nitrogens is 1. The third kappa shape index (κ3) is 5.11. The molecule has 1 aromatic heterocycles. The number of carbonyl (C=O) groups excluding carboxylic acids is 1. The van der Waals surface area contributed by atoms with Gasteiger partial charge < -0.3 is 15.4 Å². The first kappa shape index (κ1) is 18.0. The van der Waals surface area contributed by atoms with Crippen molar-refractivity contribution < 1.29 is 14.7 Å². The Hall–Kier alpha value is -2.30. The Morgan fingerprint density at radius 2 is 2.00 bits per heavy atom. The molecule has 0 aliphatic heterocycles. The molecule has 1 heterocycles. The Kier molecular flexibility index (Phi) is 6.41. The van der Waals surface area contributed by atoms with Crippen molar-refractivity contribution in [3.05, 3.63) is 36.0 Å². The highest BCUT2D eigenvalue weighted by Gasteiger charge is 2.19. The summed E-state index contributed by atoms with van der Waals surface area (Å²) >= 11 is 0. The predicted octanol–water partition coefficient (Wildman–Crippen LogP) is 3.35. The molecule has 0 radical (unpaired) electrons. The number of amides is 1. The number of nitrogens with one attached hydrogen (secondary N) is 2. The molecule has 5 nitrogen and oxygen atoms in total. The lowest BCUT2D eigenvalue weighted by molar-refractivity contribution is -0.142. The predicted molar refractivity (Wildman–Crippen MR) is 94.8 cm³/mol. The zero-order chi connectivity index (χ0) is 17.5. The topological polar surface area (TPSA) is 82.2 Å². The normalized spacial score (nSPS) is 12.5. The molecule has 130 valence electrons. The average Bonchev–Trinajstić information content (AvgIpc) is 2.94. The van der Waals surface area contributed by atoms with Crippen molar-refractivity contribution in [3.8, 4) is 0 Å². The maximum Gasteiger partial charge on any atom is 0.308 e. The minimum absolute atomic E-state index is 0.0788. The lowest BCUT2D eigenvalue weighted by Gasteiger charge is -2.15. The van der Waals surface area contributed by atoms with Gasteiger partial charge in [-0.2, -0.15) is 0 Å². The van der Waals surface area contributed by atoms with E-state index in [1.807, 2.05) is 38.2 Å². The van der Waals surface area contributed by atoms with Crippen LogP contribution in [-0.4, -0.2) is 28.5 Å². The first-order valence-corrected chi connectivity index (χ1v) is 8.52. The van der Waals surface area contributed by atoms with Crippen LogP contribution in [0.3, 0.4) is 0 Å². The Bertz CT molecular complexity index is 691. The number of para-hydroxylation sites is 1. The van der Waals surface area contributed by atoms with Crippen LogP contribution in [0.25, 0.3) is 10.9 Å². The third-order valence-corrected chi connectivity index (χ3v) is 4.18. The molecule has 0 spiro atoms. The Balaban J connectivity index is 1.76. The van der Waals surface area contributed by atoms with Crippen LogP contribution in [0.2, 0.25) is 0 Å². The lowest BCUT2D eigenvalue weighted by atomic mass is 9.97. The molecular formula is C19H26N2O3. The highest BCUT2D eigenvalue weighted by molar-refractivity contribution is 5.83. The van der Waals surface area contributed by atoms with Crippen LogP contribution in [0.4, 0.5) is 0 Å². The van der Waals surface area contributed by atoms with E-state index in [1.165, 1.54) is 10.9 Å². The molecule has 5 heteroatoms. The summed E-state index contributed by atoms with van der Waals surface area (Å²) in [5.74, 6) is -1.14. The quantitative estimate of drug-likeness (QED) is 0.659. The van der Waals surface area contributed by atoms with Gasteiger partial charge in [-0.3, -0.25) is 9.59 Å². The molecule has 0 aliphatic rings. The van der Waals surface area contributed by atoms with Gasteiger partial charge in [0.25, 0.3) is 0 Å². The summed E-state index contributed by atoms with van der Waals surface area (Å²) in [4.78, 5) is 26.4. The summed E-state index contributed by atoms with van der Waals surface area (Å²) < 4.78 is 0. The summed E-state index contributed by atoms with van der Waals surface area (Å²) in [5.41, 5.74) is 2.32. The Morgan fingerprint density at radius 1 is 1.25 bits per heavy atom. The largest absolute Gasteiger partial charge is 0.481 e. The molecular weight excluding hydrogens is 304 g/mol. The van der Waals surface area contributed by atoms with Gasteiger partial charge in [0.2, 0.25) is 5.91 Å². The van der Waals surface area contributed by atoms with Gasteiger partial charge >= 0.3 is 5.97 Å². The molecule has 1 amide bonds. The van der Waals surface area contributed by atoms with Gasteiger partial charge in [-0.25, -0.2) is 0 Å². The molecule has 0 aliphatic carbocycles. The van der Waals surface area contributed by atoms with Crippen molar-refractivity contribution in [1.29, 1.82) is 0 Å². The molecule has 2 aromatic rings. The molecule has 24 heavy (non-hydrogen) atoms. The van der Waals surface area contributed by atoms with E-state index in [9.17, 15) is 14.7 Å². The second kappa shape index (κ2) is 8.52. The first-order chi connectivity index (χ1) is 11.5. The molecule has 1 aromatic carbocycles. The summed E-state index contributed by atoms with van der Waals surface area (Å²) in [6.45, 7) is 4.18. The fraction of sp³-hybridized carbons (Fsp3) is 0.474. The highest BCUT2D eigenvalue weighted by Crippen LogP contribution is 2.19. The number of aryl methyl sites for hydroxylation is 1. The van der Waals surface area contributed by atoms with E-state index in [2.05, 4.69) is 16.4 Å². The standard InChI is InChI=1S/C19H26N2O3/c1-13(2)10-15(19(23)24)12-21-18(22)9-5-6-14-11-20-17-8-4-3-7-16(14)17/h3-4,7-8,11,13,15,20H,5-6,9-10,12H2,1-2H3,(H,21,22)(H,23,24). The van der Waals surface area contributed by atoms with Gasteiger partial charge in [-0.05, 0) is 36.8 Å². The van der Waals surface area contributed by atoms with Crippen LogP contribution in [0.5, 0.6) is 0 Å². The molecule has 2 rings (SSSR count). The minimum atomic E-state index is -0.845. The Labute approximate surface area is 142 Å². The van der Waals surface area contributed by atoms with Crippen LogP contribution in [0.15, 0.2) is 30.5 Å². The van der Waals surface area contributed by atoms with Crippen molar-refractivity contribution >= 4 is 22.8 Å². The number of aromatic amines is 1. The number of carboxylic acid groups (broad SMARTS) is 1. The van der Waals surface area contributed by atoms with E-state index in [1.54, 1.807) is 0 Å². The zero-order valence-corrected chi connectivity index (χ0v) is 14.3. The van der Waals surface area contributed by atoms with E-state index in [0.717, 1.165) is 18.4 Å². The number of carboxylic acids is 1. The fourth-order valence-electron chi connectivity index (χ4n) is 2.94. The molecule has 1 unspecified atom stereocenters. The van der Waals surface area contributed by atoms with Crippen molar-refractivity contribution in [2.75, 3.05) is 6.54 Å². The van der Waals surface area contributed by atoms with Crippen LogP contribution in [0, 0.1) is 11.8 Å². The highest BCUT2D eigenvalue weighted by atomic mass is 16.4. The minimum Gasteiger partial charge on any atom is -0.481 e. The van der Waals surface area contributed by atoms with Crippen LogP contribution < -0.4 is 5.32 Å².